The molecule has 0 radical (unpaired) electrons. The fraction of sp³-hybridized carbons (Fsp3) is 0.455. The number of sulfone groups is 1. The third-order valence-electron chi connectivity index (χ3n) is 2.69. The van der Waals surface area contributed by atoms with E-state index in [9.17, 15) is 8.42 Å². The Morgan fingerprint density at radius 1 is 1.28 bits per heavy atom. The van der Waals surface area contributed by atoms with E-state index >= 15 is 0 Å². The highest BCUT2D eigenvalue weighted by atomic mass is 79.9. The lowest BCUT2D eigenvalue weighted by Gasteiger charge is -2.16. The normalized spacial score (nSPS) is 22.1. The van der Waals surface area contributed by atoms with Crippen molar-refractivity contribution in [2.45, 2.75) is 17.9 Å². The SMILES string of the molecule is O=S1(=O)CCC(Oc2c(Br)cc(CBr)cc2Br)C1. The summed E-state index contributed by atoms with van der Waals surface area (Å²) in [5.74, 6) is 0.986. The van der Waals surface area contributed by atoms with Crippen molar-refractivity contribution < 1.29 is 13.2 Å². The summed E-state index contributed by atoms with van der Waals surface area (Å²) in [6.45, 7) is 0. The van der Waals surface area contributed by atoms with Crippen LogP contribution in [0.25, 0.3) is 0 Å². The van der Waals surface area contributed by atoms with Gasteiger partial charge < -0.3 is 4.74 Å². The summed E-state index contributed by atoms with van der Waals surface area (Å²) in [6.07, 6.45) is 0.305. The Balaban J connectivity index is 2.20. The quantitative estimate of drug-likeness (QED) is 0.644. The van der Waals surface area contributed by atoms with Gasteiger partial charge >= 0.3 is 0 Å². The summed E-state index contributed by atoms with van der Waals surface area (Å²) >= 11 is 10.3. The van der Waals surface area contributed by atoms with Gasteiger partial charge in [-0.25, -0.2) is 8.42 Å². The molecule has 1 saturated heterocycles. The van der Waals surface area contributed by atoms with Crippen molar-refractivity contribution in [2.75, 3.05) is 11.5 Å². The van der Waals surface area contributed by atoms with Gasteiger partial charge in [0.2, 0.25) is 0 Å². The first kappa shape index (κ1) is 14.8. The van der Waals surface area contributed by atoms with Gasteiger partial charge in [0.05, 0.1) is 20.5 Å². The molecule has 1 heterocycles. The van der Waals surface area contributed by atoms with Crippen LogP contribution >= 0.6 is 47.8 Å². The predicted octanol–water partition coefficient (Wildman–Crippen LogP) is 3.67. The lowest BCUT2D eigenvalue weighted by Crippen LogP contribution is -2.18. The molecule has 0 N–H and O–H groups in total. The molecule has 0 saturated carbocycles. The van der Waals surface area contributed by atoms with E-state index in [1.165, 1.54) is 0 Å². The number of alkyl halides is 1. The molecule has 18 heavy (non-hydrogen) atoms. The molecule has 1 fully saturated rings. The van der Waals surface area contributed by atoms with Gasteiger partial charge in [-0.3, -0.25) is 0 Å². The molecule has 1 aliphatic rings. The Kier molecular flexibility index (Phi) is 4.78. The fourth-order valence-corrected chi connectivity index (χ4v) is 5.20. The van der Waals surface area contributed by atoms with Crippen molar-refractivity contribution in [3.8, 4) is 5.75 Å². The summed E-state index contributed by atoms with van der Waals surface area (Å²) in [5.41, 5.74) is 1.11. The summed E-state index contributed by atoms with van der Waals surface area (Å²) in [7, 11) is -2.92. The van der Waals surface area contributed by atoms with E-state index in [1.54, 1.807) is 0 Å². The first-order valence-corrected chi connectivity index (χ1v) is 9.85. The first-order chi connectivity index (χ1) is 8.41. The Morgan fingerprint density at radius 2 is 1.89 bits per heavy atom. The first-order valence-electron chi connectivity index (χ1n) is 5.32. The lowest BCUT2D eigenvalue weighted by atomic mass is 10.2. The van der Waals surface area contributed by atoms with Crippen LogP contribution < -0.4 is 4.74 Å². The van der Waals surface area contributed by atoms with Gasteiger partial charge in [0, 0.05) is 5.33 Å². The molecule has 7 heteroatoms. The number of hydrogen-bond donors (Lipinski definition) is 0. The monoisotopic (exact) mass is 460 g/mol. The number of hydrogen-bond acceptors (Lipinski definition) is 3. The Morgan fingerprint density at radius 3 is 2.33 bits per heavy atom. The van der Waals surface area contributed by atoms with Gasteiger partial charge in [-0.05, 0) is 56.0 Å². The highest BCUT2D eigenvalue weighted by molar-refractivity contribution is 9.11. The minimum absolute atomic E-state index is 0.103. The van der Waals surface area contributed by atoms with E-state index < -0.39 is 9.84 Å². The lowest BCUT2D eigenvalue weighted by molar-refractivity contribution is 0.226. The van der Waals surface area contributed by atoms with Crippen LogP contribution in [0.2, 0.25) is 0 Å². The van der Waals surface area contributed by atoms with Crippen LogP contribution in [0.4, 0.5) is 0 Å². The Bertz CT molecular complexity index is 534. The summed E-state index contributed by atoms with van der Waals surface area (Å²) in [5, 5.41) is 0.752. The number of ether oxygens (including phenoxy) is 1. The molecular weight excluding hydrogens is 452 g/mol. The van der Waals surface area contributed by atoms with Crippen LogP contribution in [0.1, 0.15) is 12.0 Å². The smallest absolute Gasteiger partial charge is 0.154 e. The van der Waals surface area contributed by atoms with Crippen LogP contribution in [0.5, 0.6) is 5.75 Å². The Labute approximate surface area is 132 Å². The summed E-state index contributed by atoms with van der Waals surface area (Å²) < 4.78 is 30.2. The molecule has 0 amide bonds. The van der Waals surface area contributed by atoms with Gasteiger partial charge in [-0.1, -0.05) is 15.9 Å². The van der Waals surface area contributed by atoms with Gasteiger partial charge in [-0.15, -0.1) is 0 Å². The largest absolute Gasteiger partial charge is 0.487 e. The molecule has 1 aromatic carbocycles. The molecule has 1 unspecified atom stereocenters. The second kappa shape index (κ2) is 5.81. The Hall–Kier alpha value is 0.410. The highest BCUT2D eigenvalue weighted by Crippen LogP contribution is 2.37. The molecule has 2 rings (SSSR count). The molecule has 1 aliphatic heterocycles. The third kappa shape index (κ3) is 3.49. The van der Waals surface area contributed by atoms with Crippen molar-refractivity contribution in [3.05, 3.63) is 26.6 Å². The van der Waals surface area contributed by atoms with Crippen LogP contribution in [0, 0.1) is 0 Å². The third-order valence-corrected chi connectivity index (χ3v) is 6.25. The topological polar surface area (TPSA) is 43.4 Å². The van der Waals surface area contributed by atoms with E-state index in [2.05, 4.69) is 47.8 Å². The maximum absolute atomic E-state index is 11.4. The van der Waals surface area contributed by atoms with Gasteiger partial charge in [0.15, 0.2) is 9.84 Å². The number of rotatable bonds is 3. The standard InChI is InChI=1S/C11H11Br3O3S/c12-5-7-3-9(13)11(10(14)4-7)17-8-1-2-18(15,16)6-8/h3-4,8H,1-2,5-6H2. The zero-order valence-electron chi connectivity index (χ0n) is 9.33. The van der Waals surface area contributed by atoms with Crippen LogP contribution in [-0.4, -0.2) is 26.0 Å². The predicted molar refractivity (Wildman–Crippen MR) is 82.2 cm³/mol. The molecular formula is C11H11Br3O3S. The van der Waals surface area contributed by atoms with E-state index in [-0.39, 0.29) is 17.6 Å². The van der Waals surface area contributed by atoms with Crippen molar-refractivity contribution in [1.29, 1.82) is 0 Å². The maximum atomic E-state index is 11.4. The van der Waals surface area contributed by atoms with E-state index in [1.807, 2.05) is 12.1 Å². The molecule has 3 nitrogen and oxygen atoms in total. The van der Waals surface area contributed by atoms with Crippen LogP contribution in [0.3, 0.4) is 0 Å². The van der Waals surface area contributed by atoms with Crippen molar-refractivity contribution in [1.82, 2.24) is 0 Å². The van der Waals surface area contributed by atoms with E-state index in [0.717, 1.165) is 19.8 Å². The zero-order valence-corrected chi connectivity index (χ0v) is 14.9. The van der Waals surface area contributed by atoms with Crippen molar-refractivity contribution >= 4 is 57.6 Å². The van der Waals surface area contributed by atoms with Crippen LogP contribution in [0.15, 0.2) is 21.1 Å². The minimum atomic E-state index is -2.92. The second-order valence-electron chi connectivity index (χ2n) is 4.17. The maximum Gasteiger partial charge on any atom is 0.154 e. The second-order valence-corrected chi connectivity index (χ2v) is 8.66. The van der Waals surface area contributed by atoms with Crippen LogP contribution in [-0.2, 0) is 15.2 Å². The van der Waals surface area contributed by atoms with E-state index in [4.69, 9.17) is 4.74 Å². The molecule has 0 bridgehead atoms. The molecule has 1 atom stereocenters. The number of benzene rings is 1. The van der Waals surface area contributed by atoms with Crippen molar-refractivity contribution in [2.24, 2.45) is 0 Å². The molecule has 0 aromatic heterocycles. The minimum Gasteiger partial charge on any atom is -0.487 e. The molecule has 1 aromatic rings. The summed E-state index contributed by atoms with van der Waals surface area (Å²) in [6, 6.07) is 3.91. The van der Waals surface area contributed by atoms with E-state index in [0.29, 0.717) is 12.2 Å². The molecule has 0 aliphatic carbocycles. The average Bonchev–Trinajstić information content (AvgIpc) is 2.63. The zero-order chi connectivity index (χ0) is 13.3. The highest BCUT2D eigenvalue weighted by Gasteiger charge is 2.30. The van der Waals surface area contributed by atoms with Gasteiger partial charge in [0.1, 0.15) is 11.9 Å². The molecule has 0 spiro atoms. The fourth-order valence-electron chi connectivity index (χ4n) is 1.82. The summed E-state index contributed by atoms with van der Waals surface area (Å²) in [4.78, 5) is 0. The van der Waals surface area contributed by atoms with Gasteiger partial charge in [0.25, 0.3) is 0 Å². The molecule has 100 valence electrons. The average molecular weight is 463 g/mol. The number of halogens is 3. The van der Waals surface area contributed by atoms with Gasteiger partial charge in [-0.2, -0.15) is 0 Å². The van der Waals surface area contributed by atoms with Crippen molar-refractivity contribution in [3.63, 3.8) is 0 Å².